The van der Waals surface area contributed by atoms with Crippen LogP contribution < -0.4 is 0 Å². The zero-order valence-corrected chi connectivity index (χ0v) is 16.4. The summed E-state index contributed by atoms with van der Waals surface area (Å²) in [6, 6.07) is 13.2. The van der Waals surface area contributed by atoms with Gasteiger partial charge in [0.1, 0.15) is 11.6 Å². The Morgan fingerprint density at radius 3 is 2.38 bits per heavy atom. The van der Waals surface area contributed by atoms with Crippen molar-refractivity contribution in [2.45, 2.75) is 32.1 Å². The van der Waals surface area contributed by atoms with Crippen molar-refractivity contribution < 1.29 is 9.18 Å². The number of hydrogen-bond acceptors (Lipinski definition) is 2. The highest BCUT2D eigenvalue weighted by molar-refractivity contribution is 7.98. The van der Waals surface area contributed by atoms with Crippen LogP contribution in [0.2, 0.25) is 0 Å². The van der Waals surface area contributed by atoms with Gasteiger partial charge in [-0.15, -0.1) is 11.8 Å². The lowest BCUT2D eigenvalue weighted by Crippen LogP contribution is -2.19. The van der Waals surface area contributed by atoms with E-state index in [9.17, 15) is 9.18 Å². The Bertz CT molecular complexity index is 899. The van der Waals surface area contributed by atoms with E-state index in [2.05, 4.69) is 36.6 Å². The van der Waals surface area contributed by atoms with E-state index < -0.39 is 5.41 Å². The SMILES string of the molecule is CSc1ccc(/C=C2\C=C(CC(=O)C(C)(C)C)c3cc(F)ccc32)cc1. The van der Waals surface area contributed by atoms with Crippen LogP contribution in [0.1, 0.15) is 43.9 Å². The smallest absolute Gasteiger partial charge is 0.142 e. The maximum atomic E-state index is 13.8. The van der Waals surface area contributed by atoms with E-state index >= 15 is 0 Å². The van der Waals surface area contributed by atoms with E-state index in [1.54, 1.807) is 17.8 Å². The van der Waals surface area contributed by atoms with Gasteiger partial charge in [-0.2, -0.15) is 0 Å². The van der Waals surface area contributed by atoms with E-state index in [-0.39, 0.29) is 11.6 Å². The normalized spacial score (nSPS) is 15.1. The monoisotopic (exact) mass is 366 g/mol. The minimum atomic E-state index is -0.408. The minimum Gasteiger partial charge on any atom is -0.299 e. The van der Waals surface area contributed by atoms with Gasteiger partial charge in [0.05, 0.1) is 0 Å². The molecule has 0 fully saturated rings. The summed E-state index contributed by atoms with van der Waals surface area (Å²) in [5, 5.41) is 0. The van der Waals surface area contributed by atoms with Gasteiger partial charge in [0.2, 0.25) is 0 Å². The third-order valence-electron chi connectivity index (χ3n) is 4.59. The number of halogens is 1. The van der Waals surface area contributed by atoms with E-state index in [1.165, 1.54) is 17.0 Å². The van der Waals surface area contributed by atoms with Gasteiger partial charge in [-0.3, -0.25) is 4.79 Å². The molecule has 0 radical (unpaired) electrons. The Kier molecular flexibility index (Phi) is 5.19. The van der Waals surface area contributed by atoms with Crippen LogP contribution in [0.25, 0.3) is 17.2 Å². The zero-order chi connectivity index (χ0) is 18.9. The Labute approximate surface area is 159 Å². The summed E-state index contributed by atoms with van der Waals surface area (Å²) >= 11 is 1.71. The molecule has 0 amide bonds. The van der Waals surface area contributed by atoms with Gasteiger partial charge >= 0.3 is 0 Å². The summed E-state index contributed by atoms with van der Waals surface area (Å²) in [4.78, 5) is 13.7. The summed E-state index contributed by atoms with van der Waals surface area (Å²) < 4.78 is 13.8. The molecule has 134 valence electrons. The lowest BCUT2D eigenvalue weighted by atomic mass is 9.86. The van der Waals surface area contributed by atoms with Crippen LogP contribution in [0.5, 0.6) is 0 Å². The quantitative estimate of drug-likeness (QED) is 0.575. The van der Waals surface area contributed by atoms with Crippen molar-refractivity contribution in [1.29, 1.82) is 0 Å². The topological polar surface area (TPSA) is 17.1 Å². The first-order valence-corrected chi connectivity index (χ1v) is 9.90. The number of fused-ring (bicyclic) bond motifs is 1. The lowest BCUT2D eigenvalue weighted by Gasteiger charge is -2.17. The number of carbonyl (C=O) groups is 1. The molecule has 1 nitrogen and oxygen atoms in total. The molecule has 1 aliphatic carbocycles. The van der Waals surface area contributed by atoms with Crippen molar-refractivity contribution in [2.24, 2.45) is 5.41 Å². The van der Waals surface area contributed by atoms with Gasteiger partial charge in [0, 0.05) is 16.7 Å². The van der Waals surface area contributed by atoms with Crippen molar-refractivity contribution in [1.82, 2.24) is 0 Å². The summed E-state index contributed by atoms with van der Waals surface area (Å²) in [6.45, 7) is 5.75. The van der Waals surface area contributed by atoms with E-state index in [0.717, 1.165) is 27.8 Å². The number of allylic oxidation sites excluding steroid dienone is 3. The second kappa shape index (κ2) is 7.24. The van der Waals surface area contributed by atoms with Crippen LogP contribution in [0, 0.1) is 11.2 Å². The van der Waals surface area contributed by atoms with Gasteiger partial charge in [-0.05, 0) is 64.4 Å². The molecule has 3 heteroatoms. The fourth-order valence-corrected chi connectivity index (χ4v) is 3.37. The van der Waals surface area contributed by atoms with Crippen molar-refractivity contribution in [3.63, 3.8) is 0 Å². The third kappa shape index (κ3) is 3.99. The molecule has 0 N–H and O–H groups in total. The van der Waals surface area contributed by atoms with E-state index in [0.29, 0.717) is 6.42 Å². The first kappa shape index (κ1) is 18.7. The van der Waals surface area contributed by atoms with Crippen LogP contribution in [0.15, 0.2) is 53.4 Å². The molecular formula is C23H23FOS. The van der Waals surface area contributed by atoms with Gasteiger partial charge in [-0.1, -0.05) is 45.0 Å². The minimum absolute atomic E-state index is 0.157. The highest BCUT2D eigenvalue weighted by atomic mass is 32.2. The Morgan fingerprint density at radius 2 is 1.77 bits per heavy atom. The molecule has 0 spiro atoms. The average molecular weight is 367 g/mol. The number of hydrogen-bond donors (Lipinski definition) is 0. The molecular weight excluding hydrogens is 343 g/mol. The predicted molar refractivity (Wildman–Crippen MR) is 110 cm³/mol. The molecule has 0 bridgehead atoms. The highest BCUT2D eigenvalue weighted by Crippen LogP contribution is 2.39. The molecule has 0 atom stereocenters. The average Bonchev–Trinajstić information content (AvgIpc) is 2.91. The van der Waals surface area contributed by atoms with Crippen molar-refractivity contribution >= 4 is 34.8 Å². The molecule has 0 aliphatic heterocycles. The highest BCUT2D eigenvalue weighted by Gasteiger charge is 2.26. The number of ketones is 1. The number of thioether (sulfide) groups is 1. The van der Waals surface area contributed by atoms with Gasteiger partial charge < -0.3 is 0 Å². The van der Waals surface area contributed by atoms with Crippen molar-refractivity contribution in [3.8, 4) is 0 Å². The molecule has 26 heavy (non-hydrogen) atoms. The fourth-order valence-electron chi connectivity index (χ4n) is 2.96. The molecule has 3 rings (SSSR count). The second-order valence-electron chi connectivity index (χ2n) is 7.58. The first-order chi connectivity index (χ1) is 12.3. The summed E-state index contributed by atoms with van der Waals surface area (Å²) in [7, 11) is 0. The molecule has 0 aromatic heterocycles. The zero-order valence-electron chi connectivity index (χ0n) is 15.6. The fraction of sp³-hybridized carbons (Fsp3) is 0.261. The number of carbonyl (C=O) groups excluding carboxylic acids is 1. The number of benzene rings is 2. The molecule has 0 unspecified atom stereocenters. The second-order valence-corrected chi connectivity index (χ2v) is 8.46. The van der Waals surface area contributed by atoms with Gasteiger partial charge in [0.25, 0.3) is 0 Å². The molecule has 1 aliphatic rings. The van der Waals surface area contributed by atoms with Crippen LogP contribution in [0.4, 0.5) is 4.39 Å². The lowest BCUT2D eigenvalue weighted by molar-refractivity contribution is -0.125. The van der Waals surface area contributed by atoms with Crippen LogP contribution in [-0.4, -0.2) is 12.0 Å². The van der Waals surface area contributed by atoms with Gasteiger partial charge in [0.15, 0.2) is 0 Å². The molecule has 0 saturated carbocycles. The van der Waals surface area contributed by atoms with E-state index in [4.69, 9.17) is 0 Å². The summed E-state index contributed by atoms with van der Waals surface area (Å²) in [6.07, 6.45) is 6.49. The molecule has 0 saturated heterocycles. The Hall–Kier alpha value is -2.13. The molecule has 2 aromatic carbocycles. The third-order valence-corrected chi connectivity index (χ3v) is 5.34. The van der Waals surface area contributed by atoms with Crippen LogP contribution in [0.3, 0.4) is 0 Å². The number of rotatable bonds is 4. The maximum Gasteiger partial charge on any atom is 0.142 e. The predicted octanol–water partition coefficient (Wildman–Crippen LogP) is 6.49. The summed E-state index contributed by atoms with van der Waals surface area (Å²) in [5.74, 6) is -0.118. The summed E-state index contributed by atoms with van der Waals surface area (Å²) in [5.41, 5.74) is 4.41. The van der Waals surface area contributed by atoms with E-state index in [1.807, 2.05) is 26.8 Å². The van der Waals surface area contributed by atoms with Gasteiger partial charge in [-0.25, -0.2) is 4.39 Å². The van der Waals surface area contributed by atoms with Crippen LogP contribution in [-0.2, 0) is 4.79 Å². The number of Topliss-reactive ketones (excluding diaryl/α,β-unsaturated/α-hetero) is 1. The Balaban J connectivity index is 2.00. The van der Waals surface area contributed by atoms with Crippen LogP contribution >= 0.6 is 11.8 Å². The largest absolute Gasteiger partial charge is 0.299 e. The van der Waals surface area contributed by atoms with Crippen molar-refractivity contribution in [2.75, 3.05) is 6.26 Å². The first-order valence-electron chi connectivity index (χ1n) is 8.68. The standard InChI is InChI=1S/C23H23FOS/c1-23(2,3)22(25)13-17-12-16(20-10-7-18(24)14-21(17)20)11-15-5-8-19(26-4)9-6-15/h5-12,14H,13H2,1-4H3/b16-11+. The Morgan fingerprint density at radius 1 is 1.08 bits per heavy atom. The molecule has 2 aromatic rings. The molecule has 0 heterocycles. The van der Waals surface area contributed by atoms with Crippen molar-refractivity contribution in [3.05, 3.63) is 71.0 Å². The maximum absolute atomic E-state index is 13.8.